The van der Waals surface area contributed by atoms with Gasteiger partial charge in [0.2, 0.25) is 0 Å². The minimum atomic E-state index is -0.260. The first-order valence-electron chi connectivity index (χ1n) is 6.07. The summed E-state index contributed by atoms with van der Waals surface area (Å²) in [4.78, 5) is 16.2. The van der Waals surface area contributed by atoms with E-state index >= 15 is 0 Å². The molecule has 0 unspecified atom stereocenters. The number of carbonyl (C=O) groups excluding carboxylic acids is 1. The Morgan fingerprint density at radius 3 is 2.75 bits per heavy atom. The number of benzene rings is 1. The van der Waals surface area contributed by atoms with E-state index in [0.29, 0.717) is 22.8 Å². The van der Waals surface area contributed by atoms with Gasteiger partial charge in [0, 0.05) is 6.54 Å². The van der Waals surface area contributed by atoms with E-state index in [1.54, 1.807) is 48.7 Å². The lowest BCUT2D eigenvalue weighted by Gasteiger charge is -2.07. The van der Waals surface area contributed by atoms with Gasteiger partial charge in [-0.2, -0.15) is 0 Å². The second-order valence-corrected chi connectivity index (χ2v) is 4.44. The fourth-order valence-corrected chi connectivity index (χ4v) is 1.81. The molecular formula is C15H14ClN3O. The SMILES string of the molecule is C=CCNc1ccc(NC(=O)c2ccccc2Cl)cn1. The highest BCUT2D eigenvalue weighted by Gasteiger charge is 2.09. The highest BCUT2D eigenvalue weighted by atomic mass is 35.5. The average Bonchev–Trinajstić information content (AvgIpc) is 2.47. The number of hydrogen-bond donors (Lipinski definition) is 2. The van der Waals surface area contributed by atoms with E-state index < -0.39 is 0 Å². The molecule has 0 saturated carbocycles. The zero-order valence-corrected chi connectivity index (χ0v) is 11.5. The van der Waals surface area contributed by atoms with Crippen LogP contribution in [0.4, 0.5) is 11.5 Å². The summed E-state index contributed by atoms with van der Waals surface area (Å²) < 4.78 is 0. The molecule has 102 valence electrons. The zero-order valence-electron chi connectivity index (χ0n) is 10.8. The summed E-state index contributed by atoms with van der Waals surface area (Å²) in [6.45, 7) is 4.25. The number of carbonyl (C=O) groups is 1. The molecule has 0 spiro atoms. The Balaban J connectivity index is 2.05. The molecule has 1 amide bonds. The Morgan fingerprint density at radius 2 is 2.10 bits per heavy atom. The molecule has 0 bridgehead atoms. The fourth-order valence-electron chi connectivity index (χ4n) is 1.59. The normalized spacial score (nSPS) is 9.85. The Hall–Kier alpha value is -2.33. The predicted molar refractivity (Wildman–Crippen MR) is 82.3 cm³/mol. The van der Waals surface area contributed by atoms with E-state index in [2.05, 4.69) is 22.2 Å². The average molecular weight is 288 g/mol. The molecule has 0 aliphatic carbocycles. The van der Waals surface area contributed by atoms with Gasteiger partial charge in [0.25, 0.3) is 5.91 Å². The van der Waals surface area contributed by atoms with Crippen LogP contribution in [0.5, 0.6) is 0 Å². The minimum absolute atomic E-state index is 0.260. The van der Waals surface area contributed by atoms with Crippen LogP contribution >= 0.6 is 11.6 Å². The highest BCUT2D eigenvalue weighted by Crippen LogP contribution is 2.17. The van der Waals surface area contributed by atoms with Gasteiger partial charge in [-0.15, -0.1) is 6.58 Å². The lowest BCUT2D eigenvalue weighted by atomic mass is 10.2. The van der Waals surface area contributed by atoms with Crippen molar-refractivity contribution >= 4 is 29.0 Å². The van der Waals surface area contributed by atoms with Crippen LogP contribution in [0.1, 0.15) is 10.4 Å². The first kappa shape index (κ1) is 14.1. The van der Waals surface area contributed by atoms with Crippen molar-refractivity contribution in [1.29, 1.82) is 0 Å². The van der Waals surface area contributed by atoms with E-state index in [-0.39, 0.29) is 5.91 Å². The molecule has 20 heavy (non-hydrogen) atoms. The standard InChI is InChI=1S/C15H14ClN3O/c1-2-9-17-14-8-7-11(10-18-14)19-15(20)12-5-3-4-6-13(12)16/h2-8,10H,1,9H2,(H,17,18)(H,19,20). The molecule has 1 heterocycles. The molecule has 0 aliphatic heterocycles. The lowest BCUT2D eigenvalue weighted by molar-refractivity contribution is 0.102. The third-order valence-corrected chi connectivity index (χ3v) is 2.90. The Labute approximate surface area is 122 Å². The number of aromatic nitrogens is 1. The quantitative estimate of drug-likeness (QED) is 0.826. The number of nitrogens with zero attached hydrogens (tertiary/aromatic N) is 1. The van der Waals surface area contributed by atoms with Crippen LogP contribution in [0, 0.1) is 0 Å². The Bertz CT molecular complexity index is 611. The lowest BCUT2D eigenvalue weighted by Crippen LogP contribution is -2.12. The molecule has 1 aromatic heterocycles. The van der Waals surface area contributed by atoms with Crippen molar-refractivity contribution in [3.63, 3.8) is 0 Å². The molecule has 0 aliphatic rings. The van der Waals surface area contributed by atoms with Crippen LogP contribution in [-0.4, -0.2) is 17.4 Å². The van der Waals surface area contributed by atoms with Crippen molar-refractivity contribution in [3.8, 4) is 0 Å². The molecule has 2 rings (SSSR count). The number of anilines is 2. The van der Waals surface area contributed by atoms with Crippen molar-refractivity contribution in [2.75, 3.05) is 17.2 Å². The summed E-state index contributed by atoms with van der Waals surface area (Å²) in [6.07, 6.45) is 3.33. The van der Waals surface area contributed by atoms with Crippen LogP contribution in [0.3, 0.4) is 0 Å². The summed E-state index contributed by atoms with van der Waals surface area (Å²) in [5, 5.41) is 6.22. The minimum Gasteiger partial charge on any atom is -0.367 e. The molecule has 4 nitrogen and oxygen atoms in total. The maximum Gasteiger partial charge on any atom is 0.257 e. The second-order valence-electron chi connectivity index (χ2n) is 4.04. The third kappa shape index (κ3) is 3.59. The van der Waals surface area contributed by atoms with Crippen LogP contribution in [0.2, 0.25) is 5.02 Å². The number of amides is 1. The van der Waals surface area contributed by atoms with Crippen LogP contribution in [0.25, 0.3) is 0 Å². The summed E-state index contributed by atoms with van der Waals surface area (Å²) in [5.41, 5.74) is 1.04. The van der Waals surface area contributed by atoms with Crippen molar-refractivity contribution in [1.82, 2.24) is 4.98 Å². The number of halogens is 1. The summed E-state index contributed by atoms with van der Waals surface area (Å²) in [6, 6.07) is 10.4. The molecule has 5 heteroatoms. The maximum absolute atomic E-state index is 12.0. The summed E-state index contributed by atoms with van der Waals surface area (Å²) >= 11 is 5.97. The molecule has 0 radical (unpaired) electrons. The van der Waals surface area contributed by atoms with Gasteiger partial charge in [0.1, 0.15) is 5.82 Å². The zero-order chi connectivity index (χ0) is 14.4. The fraction of sp³-hybridized carbons (Fsp3) is 0.0667. The predicted octanol–water partition coefficient (Wildman–Crippen LogP) is 3.59. The topological polar surface area (TPSA) is 54.0 Å². The molecule has 0 saturated heterocycles. The van der Waals surface area contributed by atoms with Crippen LogP contribution < -0.4 is 10.6 Å². The molecule has 2 aromatic rings. The number of nitrogens with one attached hydrogen (secondary N) is 2. The monoisotopic (exact) mass is 287 g/mol. The number of hydrogen-bond acceptors (Lipinski definition) is 3. The highest BCUT2D eigenvalue weighted by molar-refractivity contribution is 6.34. The number of rotatable bonds is 5. The summed E-state index contributed by atoms with van der Waals surface area (Å²) in [5.74, 6) is 0.463. The molecule has 1 aromatic carbocycles. The second kappa shape index (κ2) is 6.73. The van der Waals surface area contributed by atoms with E-state index in [1.165, 1.54) is 0 Å². The van der Waals surface area contributed by atoms with Gasteiger partial charge in [-0.1, -0.05) is 29.8 Å². The van der Waals surface area contributed by atoms with Crippen LogP contribution in [-0.2, 0) is 0 Å². The first-order valence-corrected chi connectivity index (χ1v) is 6.45. The molecule has 0 fully saturated rings. The van der Waals surface area contributed by atoms with E-state index in [4.69, 9.17) is 11.6 Å². The van der Waals surface area contributed by atoms with Gasteiger partial charge in [0.05, 0.1) is 22.5 Å². The van der Waals surface area contributed by atoms with Crippen molar-refractivity contribution in [3.05, 3.63) is 65.8 Å². The van der Waals surface area contributed by atoms with E-state index in [0.717, 1.165) is 5.82 Å². The van der Waals surface area contributed by atoms with Crippen molar-refractivity contribution in [2.24, 2.45) is 0 Å². The van der Waals surface area contributed by atoms with Gasteiger partial charge in [-0.25, -0.2) is 4.98 Å². The molecule has 2 N–H and O–H groups in total. The van der Waals surface area contributed by atoms with Crippen molar-refractivity contribution in [2.45, 2.75) is 0 Å². The molecule has 0 atom stereocenters. The van der Waals surface area contributed by atoms with Crippen LogP contribution in [0.15, 0.2) is 55.3 Å². The maximum atomic E-state index is 12.0. The largest absolute Gasteiger partial charge is 0.367 e. The number of pyridine rings is 1. The Kier molecular flexibility index (Phi) is 4.74. The van der Waals surface area contributed by atoms with Gasteiger partial charge < -0.3 is 10.6 Å². The van der Waals surface area contributed by atoms with Gasteiger partial charge in [-0.05, 0) is 24.3 Å². The summed E-state index contributed by atoms with van der Waals surface area (Å²) in [7, 11) is 0. The van der Waals surface area contributed by atoms with Gasteiger partial charge >= 0.3 is 0 Å². The van der Waals surface area contributed by atoms with E-state index in [9.17, 15) is 4.79 Å². The Morgan fingerprint density at radius 1 is 1.30 bits per heavy atom. The smallest absolute Gasteiger partial charge is 0.257 e. The molecular weight excluding hydrogens is 274 g/mol. The van der Waals surface area contributed by atoms with Crippen molar-refractivity contribution < 1.29 is 4.79 Å². The first-order chi connectivity index (χ1) is 9.70. The van der Waals surface area contributed by atoms with E-state index in [1.807, 2.05) is 0 Å². The van der Waals surface area contributed by atoms with Gasteiger partial charge in [-0.3, -0.25) is 4.79 Å². The third-order valence-electron chi connectivity index (χ3n) is 2.57. The van der Waals surface area contributed by atoms with Gasteiger partial charge in [0.15, 0.2) is 0 Å².